The number of ketones is 1. The molecule has 0 bridgehead atoms. The van der Waals surface area contributed by atoms with Crippen LogP contribution < -0.4 is 0 Å². The predicted octanol–water partition coefficient (Wildman–Crippen LogP) is 1.86. The zero-order chi connectivity index (χ0) is 9.84. The number of hydrogen-bond acceptors (Lipinski definition) is 2. The van der Waals surface area contributed by atoms with Crippen LogP contribution in [-0.2, 0) is 4.79 Å². The molecule has 0 unspecified atom stereocenters. The molecule has 0 aromatic rings. The molecule has 1 saturated heterocycles. The summed E-state index contributed by atoms with van der Waals surface area (Å²) in [6.07, 6.45) is 2.06. The molecule has 1 aliphatic heterocycles. The van der Waals surface area contributed by atoms with E-state index in [4.69, 9.17) is 0 Å². The maximum atomic E-state index is 11.1. The summed E-state index contributed by atoms with van der Waals surface area (Å²) in [4.78, 5) is 13.5. The zero-order valence-electron chi connectivity index (χ0n) is 8.68. The van der Waals surface area contributed by atoms with Crippen molar-refractivity contribution in [2.75, 3.05) is 19.6 Å². The van der Waals surface area contributed by atoms with Crippen molar-refractivity contribution in [2.45, 2.75) is 26.7 Å². The van der Waals surface area contributed by atoms with Crippen molar-refractivity contribution < 1.29 is 4.79 Å². The van der Waals surface area contributed by atoms with Gasteiger partial charge in [-0.15, -0.1) is 0 Å². The summed E-state index contributed by atoms with van der Waals surface area (Å²) in [5.41, 5.74) is 1.21. The molecule has 1 aliphatic rings. The van der Waals surface area contributed by atoms with Crippen molar-refractivity contribution in [1.82, 2.24) is 4.90 Å². The summed E-state index contributed by atoms with van der Waals surface area (Å²) >= 11 is 0. The molecule has 0 aromatic heterocycles. The summed E-state index contributed by atoms with van der Waals surface area (Å²) in [6, 6.07) is 0. The third-order valence-corrected chi connectivity index (χ3v) is 2.66. The first-order valence-electron chi connectivity index (χ1n) is 4.97. The lowest BCUT2D eigenvalue weighted by Crippen LogP contribution is -2.36. The number of hydrogen-bond donors (Lipinski definition) is 0. The van der Waals surface area contributed by atoms with Gasteiger partial charge in [-0.05, 0) is 39.8 Å². The van der Waals surface area contributed by atoms with Crippen LogP contribution in [0.3, 0.4) is 0 Å². The van der Waals surface area contributed by atoms with Gasteiger partial charge < -0.3 is 0 Å². The minimum Gasteiger partial charge on any atom is -0.300 e. The van der Waals surface area contributed by atoms with Crippen molar-refractivity contribution in [3.63, 3.8) is 0 Å². The van der Waals surface area contributed by atoms with Crippen molar-refractivity contribution in [3.8, 4) is 0 Å². The summed E-state index contributed by atoms with van der Waals surface area (Å²) in [6.45, 7) is 10.8. The molecular weight excluding hydrogens is 162 g/mol. The molecule has 0 saturated carbocycles. The minimum absolute atomic E-state index is 0.321. The molecule has 0 radical (unpaired) electrons. The van der Waals surface area contributed by atoms with Crippen molar-refractivity contribution in [1.29, 1.82) is 0 Å². The van der Waals surface area contributed by atoms with Crippen LogP contribution in [0.1, 0.15) is 26.7 Å². The second-order valence-corrected chi connectivity index (χ2v) is 4.12. The Morgan fingerprint density at radius 2 is 1.92 bits per heavy atom. The summed E-state index contributed by atoms with van der Waals surface area (Å²) in [5, 5.41) is 0. The average molecular weight is 181 g/mol. The molecule has 0 aromatic carbocycles. The van der Waals surface area contributed by atoms with Crippen molar-refractivity contribution in [2.24, 2.45) is 5.92 Å². The quantitative estimate of drug-likeness (QED) is 0.619. The van der Waals surface area contributed by atoms with E-state index in [9.17, 15) is 4.79 Å². The first-order chi connectivity index (χ1) is 6.09. The smallest absolute Gasteiger partial charge is 0.133 e. The number of carbonyl (C=O) groups excluding carboxylic acids is 1. The van der Waals surface area contributed by atoms with Gasteiger partial charge in [0.05, 0.1) is 0 Å². The first-order valence-corrected chi connectivity index (χ1v) is 4.97. The second kappa shape index (κ2) is 4.56. The molecule has 2 heteroatoms. The number of carbonyl (C=O) groups is 1. The first kappa shape index (κ1) is 10.5. The van der Waals surface area contributed by atoms with E-state index in [-0.39, 0.29) is 0 Å². The Hall–Kier alpha value is -0.630. The molecule has 0 aliphatic carbocycles. The highest BCUT2D eigenvalue weighted by molar-refractivity contribution is 5.78. The lowest BCUT2D eigenvalue weighted by atomic mass is 9.93. The normalized spacial score (nSPS) is 20.2. The SMILES string of the molecule is C=C(C)CN1CCC(C(C)=O)CC1. The average Bonchev–Trinajstić information content (AvgIpc) is 2.04. The Morgan fingerprint density at radius 3 is 2.31 bits per heavy atom. The van der Waals surface area contributed by atoms with E-state index < -0.39 is 0 Å². The van der Waals surface area contributed by atoms with Gasteiger partial charge in [0.2, 0.25) is 0 Å². The van der Waals surface area contributed by atoms with Crippen molar-refractivity contribution >= 4 is 5.78 Å². The number of nitrogens with zero attached hydrogens (tertiary/aromatic N) is 1. The number of rotatable bonds is 3. The van der Waals surface area contributed by atoms with Crippen LogP contribution >= 0.6 is 0 Å². The Bertz CT molecular complexity index is 202. The Kier molecular flexibility index (Phi) is 3.67. The van der Waals surface area contributed by atoms with Gasteiger partial charge in [0.1, 0.15) is 5.78 Å². The molecule has 1 heterocycles. The summed E-state index contributed by atoms with van der Waals surface area (Å²) in [7, 11) is 0. The van der Waals surface area contributed by atoms with Crippen LogP contribution in [0.5, 0.6) is 0 Å². The van der Waals surface area contributed by atoms with Gasteiger partial charge in [-0.1, -0.05) is 12.2 Å². The summed E-state index contributed by atoms with van der Waals surface area (Å²) < 4.78 is 0. The van der Waals surface area contributed by atoms with Gasteiger partial charge in [-0.3, -0.25) is 9.69 Å². The molecular formula is C11H19NO. The van der Waals surface area contributed by atoms with E-state index >= 15 is 0 Å². The number of piperidine rings is 1. The van der Waals surface area contributed by atoms with Gasteiger partial charge in [-0.25, -0.2) is 0 Å². The maximum absolute atomic E-state index is 11.1. The summed E-state index contributed by atoms with van der Waals surface area (Å²) in [5.74, 6) is 0.677. The molecule has 0 N–H and O–H groups in total. The molecule has 2 nitrogen and oxygen atoms in total. The second-order valence-electron chi connectivity index (χ2n) is 4.12. The van der Waals surface area contributed by atoms with Gasteiger partial charge in [0.15, 0.2) is 0 Å². The molecule has 1 rings (SSSR count). The monoisotopic (exact) mass is 181 g/mol. The fourth-order valence-electron chi connectivity index (χ4n) is 1.88. The van der Waals surface area contributed by atoms with E-state index in [1.165, 1.54) is 5.57 Å². The number of likely N-dealkylation sites (tertiary alicyclic amines) is 1. The van der Waals surface area contributed by atoms with Gasteiger partial charge in [0.25, 0.3) is 0 Å². The molecule has 1 fully saturated rings. The Balaban J connectivity index is 2.30. The zero-order valence-corrected chi connectivity index (χ0v) is 8.68. The van der Waals surface area contributed by atoms with E-state index in [2.05, 4.69) is 18.4 Å². The minimum atomic E-state index is 0.321. The Morgan fingerprint density at radius 1 is 1.38 bits per heavy atom. The fourth-order valence-corrected chi connectivity index (χ4v) is 1.88. The maximum Gasteiger partial charge on any atom is 0.133 e. The fraction of sp³-hybridized carbons (Fsp3) is 0.727. The third kappa shape index (κ3) is 3.31. The van der Waals surface area contributed by atoms with Crippen LogP contribution in [0.15, 0.2) is 12.2 Å². The van der Waals surface area contributed by atoms with E-state index in [1.54, 1.807) is 6.92 Å². The van der Waals surface area contributed by atoms with E-state index in [1.807, 2.05) is 0 Å². The molecule has 13 heavy (non-hydrogen) atoms. The van der Waals surface area contributed by atoms with Crippen LogP contribution in [0.2, 0.25) is 0 Å². The lowest BCUT2D eigenvalue weighted by Gasteiger charge is -2.30. The highest BCUT2D eigenvalue weighted by Crippen LogP contribution is 2.18. The number of Topliss-reactive ketones (excluding diaryl/α,β-unsaturated/α-hetero) is 1. The van der Waals surface area contributed by atoms with Crippen LogP contribution in [0.25, 0.3) is 0 Å². The van der Waals surface area contributed by atoms with Crippen molar-refractivity contribution in [3.05, 3.63) is 12.2 Å². The lowest BCUT2D eigenvalue weighted by molar-refractivity contribution is -0.122. The molecule has 0 spiro atoms. The van der Waals surface area contributed by atoms with Gasteiger partial charge in [0, 0.05) is 12.5 Å². The Labute approximate surface area is 80.6 Å². The highest BCUT2D eigenvalue weighted by Gasteiger charge is 2.21. The standard InChI is InChI=1S/C11H19NO/c1-9(2)8-12-6-4-11(5-7-12)10(3)13/h11H,1,4-8H2,2-3H3. The molecule has 74 valence electrons. The predicted molar refractivity (Wildman–Crippen MR) is 54.7 cm³/mol. The van der Waals surface area contributed by atoms with Gasteiger partial charge in [-0.2, -0.15) is 0 Å². The molecule has 0 amide bonds. The molecule has 0 atom stereocenters. The van der Waals surface area contributed by atoms with Gasteiger partial charge >= 0.3 is 0 Å². The highest BCUT2D eigenvalue weighted by atomic mass is 16.1. The largest absolute Gasteiger partial charge is 0.300 e. The van der Waals surface area contributed by atoms with E-state index in [0.29, 0.717) is 11.7 Å². The third-order valence-electron chi connectivity index (χ3n) is 2.66. The topological polar surface area (TPSA) is 20.3 Å². The van der Waals surface area contributed by atoms with Crippen LogP contribution in [-0.4, -0.2) is 30.3 Å². The van der Waals surface area contributed by atoms with Crippen LogP contribution in [0, 0.1) is 5.92 Å². The van der Waals surface area contributed by atoms with Crippen LogP contribution in [0.4, 0.5) is 0 Å². The van der Waals surface area contributed by atoms with E-state index in [0.717, 1.165) is 32.5 Å².